The summed E-state index contributed by atoms with van der Waals surface area (Å²) in [6.07, 6.45) is 1.71. The first kappa shape index (κ1) is 19.8. The second-order valence-corrected chi connectivity index (χ2v) is 6.54. The van der Waals surface area contributed by atoms with E-state index in [9.17, 15) is 19.3 Å². The van der Waals surface area contributed by atoms with Gasteiger partial charge in [0.2, 0.25) is 0 Å². The van der Waals surface area contributed by atoms with Crippen molar-refractivity contribution in [1.82, 2.24) is 4.90 Å². The summed E-state index contributed by atoms with van der Waals surface area (Å²) in [6, 6.07) is 11.8. The third-order valence-electron chi connectivity index (χ3n) is 4.53. The maximum Gasteiger partial charge on any atom is 0.269 e. The van der Waals surface area contributed by atoms with Crippen LogP contribution in [0.3, 0.4) is 0 Å². The first-order valence-corrected chi connectivity index (χ1v) is 9.03. The summed E-state index contributed by atoms with van der Waals surface area (Å²) in [5.74, 6) is -0.331. The number of carbonyl (C=O) groups is 1. The van der Waals surface area contributed by atoms with Gasteiger partial charge in [-0.15, -0.1) is 0 Å². The van der Waals surface area contributed by atoms with Gasteiger partial charge in [0.05, 0.1) is 11.0 Å². The zero-order valence-corrected chi connectivity index (χ0v) is 15.3. The van der Waals surface area contributed by atoms with Crippen LogP contribution in [0, 0.1) is 15.9 Å². The fourth-order valence-corrected chi connectivity index (χ4v) is 3.02. The third-order valence-corrected chi connectivity index (χ3v) is 4.53. The van der Waals surface area contributed by atoms with Gasteiger partial charge in [-0.25, -0.2) is 4.39 Å². The molecule has 1 unspecified atom stereocenters. The minimum Gasteiger partial charge on any atom is -0.484 e. The summed E-state index contributed by atoms with van der Waals surface area (Å²) in [5.41, 5.74) is 0.363. The fraction of sp³-hybridized carbons (Fsp3) is 0.350. The quantitative estimate of drug-likeness (QED) is 0.512. The average Bonchev–Trinajstić information content (AvgIpc) is 3.20. The number of hydrogen-bond donors (Lipinski definition) is 0. The number of non-ortho nitro benzene ring substituents is 1. The molecule has 1 fully saturated rings. The predicted octanol–water partition coefficient (Wildman–Crippen LogP) is 3.32. The summed E-state index contributed by atoms with van der Waals surface area (Å²) in [4.78, 5) is 24.4. The Labute approximate surface area is 161 Å². The molecule has 0 aromatic heterocycles. The van der Waals surface area contributed by atoms with E-state index in [0.717, 1.165) is 12.8 Å². The Kier molecular flexibility index (Phi) is 6.54. The van der Waals surface area contributed by atoms with Gasteiger partial charge >= 0.3 is 0 Å². The van der Waals surface area contributed by atoms with Crippen molar-refractivity contribution in [3.63, 3.8) is 0 Å². The molecule has 148 valence electrons. The van der Waals surface area contributed by atoms with Gasteiger partial charge in [-0.3, -0.25) is 14.9 Å². The second kappa shape index (κ2) is 9.27. The van der Waals surface area contributed by atoms with Gasteiger partial charge in [0.15, 0.2) is 6.61 Å². The van der Waals surface area contributed by atoms with Gasteiger partial charge in [0.25, 0.3) is 11.6 Å². The Morgan fingerprint density at radius 1 is 1.25 bits per heavy atom. The van der Waals surface area contributed by atoms with E-state index in [4.69, 9.17) is 9.47 Å². The lowest BCUT2D eigenvalue weighted by Crippen LogP contribution is -2.39. The van der Waals surface area contributed by atoms with E-state index in [2.05, 4.69) is 0 Å². The highest BCUT2D eigenvalue weighted by molar-refractivity contribution is 5.77. The van der Waals surface area contributed by atoms with E-state index >= 15 is 0 Å². The number of benzene rings is 2. The summed E-state index contributed by atoms with van der Waals surface area (Å²) >= 11 is 0. The van der Waals surface area contributed by atoms with Gasteiger partial charge in [-0.2, -0.15) is 0 Å². The number of nitro benzene ring substituents is 1. The summed E-state index contributed by atoms with van der Waals surface area (Å²) in [6.45, 7) is 0.885. The Morgan fingerprint density at radius 3 is 2.64 bits per heavy atom. The molecule has 1 saturated heterocycles. The summed E-state index contributed by atoms with van der Waals surface area (Å²) in [5, 5.41) is 10.7. The van der Waals surface area contributed by atoms with Crippen LogP contribution in [0.15, 0.2) is 48.5 Å². The highest BCUT2D eigenvalue weighted by Gasteiger charge is 2.24. The largest absolute Gasteiger partial charge is 0.484 e. The molecule has 1 aliphatic heterocycles. The van der Waals surface area contributed by atoms with Gasteiger partial charge < -0.3 is 14.4 Å². The van der Waals surface area contributed by atoms with Gasteiger partial charge in [-0.1, -0.05) is 18.2 Å². The molecule has 1 amide bonds. The minimum absolute atomic E-state index is 0.0572. The molecule has 3 rings (SSSR count). The van der Waals surface area contributed by atoms with Crippen molar-refractivity contribution in [2.75, 3.05) is 19.8 Å². The fourth-order valence-electron chi connectivity index (χ4n) is 3.02. The minimum atomic E-state index is -0.507. The molecule has 1 atom stereocenters. The van der Waals surface area contributed by atoms with Crippen molar-refractivity contribution in [1.29, 1.82) is 0 Å². The van der Waals surface area contributed by atoms with Crippen LogP contribution in [-0.4, -0.2) is 41.6 Å². The monoisotopic (exact) mass is 388 g/mol. The molecule has 0 spiro atoms. The Balaban J connectivity index is 1.65. The van der Waals surface area contributed by atoms with E-state index in [1.165, 1.54) is 35.2 Å². The van der Waals surface area contributed by atoms with Crippen molar-refractivity contribution >= 4 is 11.6 Å². The number of amides is 1. The molecule has 7 nitrogen and oxygen atoms in total. The molecular formula is C20H21FN2O5. The van der Waals surface area contributed by atoms with Crippen LogP contribution in [0.5, 0.6) is 5.75 Å². The highest BCUT2D eigenvalue weighted by Crippen LogP contribution is 2.19. The van der Waals surface area contributed by atoms with Crippen LogP contribution >= 0.6 is 0 Å². The second-order valence-electron chi connectivity index (χ2n) is 6.54. The molecule has 0 bridgehead atoms. The lowest BCUT2D eigenvalue weighted by molar-refractivity contribution is -0.384. The molecule has 28 heavy (non-hydrogen) atoms. The van der Waals surface area contributed by atoms with Crippen LogP contribution in [0.25, 0.3) is 0 Å². The molecule has 2 aromatic carbocycles. The van der Waals surface area contributed by atoms with Crippen LogP contribution in [0.2, 0.25) is 0 Å². The predicted molar refractivity (Wildman–Crippen MR) is 99.4 cm³/mol. The van der Waals surface area contributed by atoms with E-state index in [1.54, 1.807) is 18.2 Å². The molecular weight excluding hydrogens is 367 g/mol. The van der Waals surface area contributed by atoms with E-state index in [-0.39, 0.29) is 36.7 Å². The number of rotatable bonds is 8. The number of carbonyl (C=O) groups excluding carboxylic acids is 1. The van der Waals surface area contributed by atoms with Crippen molar-refractivity contribution in [2.45, 2.75) is 25.5 Å². The lowest BCUT2D eigenvalue weighted by Gasteiger charge is -2.26. The van der Waals surface area contributed by atoms with Crippen LogP contribution in [0.4, 0.5) is 10.1 Å². The molecule has 8 heteroatoms. The normalized spacial score (nSPS) is 16.0. The number of nitro groups is 1. The van der Waals surface area contributed by atoms with Crippen molar-refractivity contribution in [3.05, 3.63) is 70.0 Å². The molecule has 0 radical (unpaired) electrons. The van der Waals surface area contributed by atoms with Crippen molar-refractivity contribution in [2.24, 2.45) is 0 Å². The Morgan fingerprint density at radius 2 is 2.00 bits per heavy atom. The van der Waals surface area contributed by atoms with Crippen molar-refractivity contribution in [3.8, 4) is 5.75 Å². The van der Waals surface area contributed by atoms with Crippen LogP contribution < -0.4 is 4.74 Å². The number of hydrogen-bond acceptors (Lipinski definition) is 5. The first-order chi connectivity index (χ1) is 13.5. The molecule has 0 aliphatic carbocycles. The summed E-state index contributed by atoms with van der Waals surface area (Å²) in [7, 11) is 0. The zero-order valence-electron chi connectivity index (χ0n) is 15.3. The number of ether oxygens (including phenoxy) is 2. The van der Waals surface area contributed by atoms with E-state index in [0.29, 0.717) is 24.5 Å². The van der Waals surface area contributed by atoms with Gasteiger partial charge in [-0.05, 0) is 31.0 Å². The van der Waals surface area contributed by atoms with Crippen LogP contribution in [0.1, 0.15) is 18.4 Å². The van der Waals surface area contributed by atoms with E-state index < -0.39 is 4.92 Å². The van der Waals surface area contributed by atoms with Crippen LogP contribution in [-0.2, 0) is 16.1 Å². The number of halogens is 1. The average molecular weight is 388 g/mol. The lowest BCUT2D eigenvalue weighted by atomic mass is 10.1. The van der Waals surface area contributed by atoms with Crippen molar-refractivity contribution < 1.29 is 23.6 Å². The number of nitrogens with zero attached hydrogens (tertiary/aromatic N) is 2. The molecule has 0 N–H and O–H groups in total. The molecule has 2 aromatic rings. The SMILES string of the molecule is O=C(COc1ccc([N+](=O)[O-])cc1)N(Cc1ccccc1F)CC1CCCO1. The molecule has 0 saturated carbocycles. The standard InChI is InChI=1S/C20H21FN2O5/c21-19-6-2-1-4-15(19)12-22(13-18-5-3-11-27-18)20(24)14-28-17-9-7-16(8-10-17)23(25)26/h1-2,4,6-10,18H,3,5,11-14H2. The smallest absolute Gasteiger partial charge is 0.269 e. The Bertz CT molecular complexity index is 822. The maximum absolute atomic E-state index is 14.0. The van der Waals surface area contributed by atoms with Gasteiger partial charge in [0, 0.05) is 37.4 Å². The molecule has 1 aliphatic rings. The van der Waals surface area contributed by atoms with E-state index in [1.807, 2.05) is 0 Å². The third kappa shape index (κ3) is 5.26. The topological polar surface area (TPSA) is 81.9 Å². The summed E-state index contributed by atoms with van der Waals surface area (Å²) < 4.78 is 25.1. The van der Waals surface area contributed by atoms with Gasteiger partial charge in [0.1, 0.15) is 11.6 Å². The zero-order chi connectivity index (χ0) is 19.9. The maximum atomic E-state index is 14.0. The highest BCUT2D eigenvalue weighted by atomic mass is 19.1. The molecule has 1 heterocycles. The first-order valence-electron chi connectivity index (χ1n) is 9.03. The Hall–Kier alpha value is -3.00.